The van der Waals surface area contributed by atoms with Crippen LogP contribution in [0.15, 0.2) is 71.5 Å². The van der Waals surface area contributed by atoms with Crippen molar-refractivity contribution in [2.75, 3.05) is 21.3 Å². The molecule has 0 fully saturated rings. The van der Waals surface area contributed by atoms with Gasteiger partial charge in [-0.05, 0) is 78.2 Å². The predicted octanol–water partition coefficient (Wildman–Crippen LogP) is 6.35. The number of aryl methyl sites for hydroxylation is 2. The van der Waals surface area contributed by atoms with Gasteiger partial charge in [0.2, 0.25) is 0 Å². The second-order valence-corrected chi connectivity index (χ2v) is 8.96. The fourth-order valence-corrected chi connectivity index (χ4v) is 4.68. The Morgan fingerprint density at radius 3 is 2.00 bits per heavy atom. The normalized spacial score (nSPS) is 11.4. The first kappa shape index (κ1) is 24.1. The van der Waals surface area contributed by atoms with Crippen molar-refractivity contribution in [2.24, 2.45) is 0 Å². The molecule has 6 nitrogen and oxygen atoms in total. The van der Waals surface area contributed by atoms with E-state index in [4.69, 9.17) is 19.2 Å². The van der Waals surface area contributed by atoms with Crippen molar-refractivity contribution < 1.29 is 14.2 Å². The van der Waals surface area contributed by atoms with Gasteiger partial charge in [0.1, 0.15) is 11.6 Å². The summed E-state index contributed by atoms with van der Waals surface area (Å²) in [5.74, 6) is 2.27. The van der Waals surface area contributed by atoms with Crippen LogP contribution in [0.3, 0.4) is 0 Å². The van der Waals surface area contributed by atoms with Gasteiger partial charge in [0.15, 0.2) is 11.5 Å². The standard InChI is InChI=1S/C31H28N2O4/c1-19-12-20(2)14-24(13-19)33-30(11-10-23-17-28(36-4)29(37-5)18-27(23)35-3)32-26-16-22-9-7-6-8-21(22)15-25(26)31(33)34/h6-18H,1-5H3/b11-10+. The number of methoxy groups -OCH3 is 3. The summed E-state index contributed by atoms with van der Waals surface area (Å²) >= 11 is 0. The topological polar surface area (TPSA) is 62.6 Å². The first-order chi connectivity index (χ1) is 17.9. The zero-order chi connectivity index (χ0) is 26.1. The van der Waals surface area contributed by atoms with E-state index in [0.717, 1.165) is 33.2 Å². The van der Waals surface area contributed by atoms with Crippen LogP contribution in [0.4, 0.5) is 0 Å². The summed E-state index contributed by atoms with van der Waals surface area (Å²) in [5.41, 5.74) is 4.18. The Morgan fingerprint density at radius 2 is 1.35 bits per heavy atom. The molecule has 0 aliphatic carbocycles. The molecule has 0 unspecified atom stereocenters. The van der Waals surface area contributed by atoms with Gasteiger partial charge >= 0.3 is 0 Å². The van der Waals surface area contributed by atoms with Gasteiger partial charge in [0, 0.05) is 11.6 Å². The van der Waals surface area contributed by atoms with Crippen molar-refractivity contribution in [1.82, 2.24) is 9.55 Å². The average molecular weight is 493 g/mol. The summed E-state index contributed by atoms with van der Waals surface area (Å²) in [5, 5.41) is 2.60. The highest BCUT2D eigenvalue weighted by Crippen LogP contribution is 2.35. The molecule has 4 aromatic carbocycles. The largest absolute Gasteiger partial charge is 0.496 e. The highest BCUT2D eigenvalue weighted by atomic mass is 16.5. The van der Waals surface area contributed by atoms with E-state index in [-0.39, 0.29) is 5.56 Å². The molecular formula is C31H28N2O4. The first-order valence-corrected chi connectivity index (χ1v) is 11.9. The second kappa shape index (κ2) is 9.82. The Bertz CT molecular complexity index is 1710. The molecule has 5 rings (SSSR count). The van der Waals surface area contributed by atoms with Gasteiger partial charge in [0.05, 0.1) is 37.9 Å². The minimum Gasteiger partial charge on any atom is -0.496 e. The summed E-state index contributed by atoms with van der Waals surface area (Å²) in [6.07, 6.45) is 3.70. The Balaban J connectivity index is 1.77. The van der Waals surface area contributed by atoms with Crippen molar-refractivity contribution >= 4 is 33.8 Å². The minimum atomic E-state index is -0.125. The van der Waals surface area contributed by atoms with Crippen LogP contribution >= 0.6 is 0 Å². The van der Waals surface area contributed by atoms with E-state index in [1.165, 1.54) is 0 Å². The molecule has 0 bridgehead atoms. The van der Waals surface area contributed by atoms with Crippen molar-refractivity contribution in [3.05, 3.63) is 99.6 Å². The molecule has 5 aromatic rings. The molecule has 1 heterocycles. The molecule has 0 amide bonds. The minimum absolute atomic E-state index is 0.125. The Kier molecular flexibility index (Phi) is 6.40. The highest BCUT2D eigenvalue weighted by Gasteiger charge is 2.14. The Labute approximate surface area is 215 Å². The number of fused-ring (bicyclic) bond motifs is 2. The Morgan fingerprint density at radius 1 is 0.730 bits per heavy atom. The molecule has 0 aliphatic heterocycles. The van der Waals surface area contributed by atoms with Crippen LogP contribution in [0, 0.1) is 13.8 Å². The van der Waals surface area contributed by atoms with Crippen LogP contribution in [0.1, 0.15) is 22.5 Å². The third kappa shape index (κ3) is 4.54. The number of hydrogen-bond acceptors (Lipinski definition) is 5. The van der Waals surface area contributed by atoms with Crippen LogP contribution in [0.2, 0.25) is 0 Å². The lowest BCUT2D eigenvalue weighted by Gasteiger charge is -2.14. The van der Waals surface area contributed by atoms with Gasteiger partial charge in [-0.1, -0.05) is 30.3 Å². The lowest BCUT2D eigenvalue weighted by Crippen LogP contribution is -2.22. The molecule has 0 aliphatic rings. The van der Waals surface area contributed by atoms with Gasteiger partial charge in [-0.3, -0.25) is 9.36 Å². The van der Waals surface area contributed by atoms with Crippen molar-refractivity contribution in [1.29, 1.82) is 0 Å². The van der Waals surface area contributed by atoms with E-state index in [9.17, 15) is 4.79 Å². The van der Waals surface area contributed by atoms with Gasteiger partial charge in [0.25, 0.3) is 5.56 Å². The summed E-state index contributed by atoms with van der Waals surface area (Å²) in [6, 6.07) is 21.6. The van der Waals surface area contributed by atoms with Gasteiger partial charge < -0.3 is 14.2 Å². The smallest absolute Gasteiger partial charge is 0.266 e. The number of nitrogens with zero attached hydrogens (tertiary/aromatic N) is 2. The third-order valence-corrected chi connectivity index (χ3v) is 6.37. The maximum Gasteiger partial charge on any atom is 0.266 e. The van der Waals surface area contributed by atoms with E-state index in [1.807, 2.05) is 80.6 Å². The van der Waals surface area contributed by atoms with Crippen LogP contribution in [-0.2, 0) is 0 Å². The Hall–Kier alpha value is -4.58. The van der Waals surface area contributed by atoms with Crippen molar-refractivity contribution in [2.45, 2.75) is 13.8 Å². The van der Waals surface area contributed by atoms with Gasteiger partial charge in [-0.15, -0.1) is 0 Å². The molecule has 0 saturated heterocycles. The zero-order valence-corrected chi connectivity index (χ0v) is 21.5. The second-order valence-electron chi connectivity index (χ2n) is 8.96. The summed E-state index contributed by atoms with van der Waals surface area (Å²) in [4.78, 5) is 18.9. The molecule has 6 heteroatoms. The molecule has 37 heavy (non-hydrogen) atoms. The number of aromatic nitrogens is 2. The SMILES string of the molecule is COc1cc(OC)c(OC)cc1/C=C/c1nc2cc3ccccc3cc2c(=O)n1-c1cc(C)cc(C)c1. The first-order valence-electron chi connectivity index (χ1n) is 11.9. The molecule has 0 radical (unpaired) electrons. The highest BCUT2D eigenvalue weighted by molar-refractivity contribution is 5.96. The van der Waals surface area contributed by atoms with Crippen LogP contribution in [-0.4, -0.2) is 30.9 Å². The maximum absolute atomic E-state index is 14.0. The quantitative estimate of drug-likeness (QED) is 0.258. The molecular weight excluding hydrogens is 464 g/mol. The van der Waals surface area contributed by atoms with Crippen LogP contribution < -0.4 is 19.8 Å². The van der Waals surface area contributed by atoms with E-state index >= 15 is 0 Å². The van der Waals surface area contributed by atoms with E-state index in [1.54, 1.807) is 32.0 Å². The monoisotopic (exact) mass is 492 g/mol. The fourth-order valence-electron chi connectivity index (χ4n) is 4.68. The molecule has 1 aromatic heterocycles. The van der Waals surface area contributed by atoms with Crippen LogP contribution in [0.25, 0.3) is 39.5 Å². The summed E-state index contributed by atoms with van der Waals surface area (Å²) < 4.78 is 18.1. The van der Waals surface area contributed by atoms with Gasteiger partial charge in [-0.25, -0.2) is 4.98 Å². The van der Waals surface area contributed by atoms with Crippen LogP contribution in [0.5, 0.6) is 17.2 Å². The molecule has 0 saturated carbocycles. The van der Waals surface area contributed by atoms with E-state index < -0.39 is 0 Å². The molecule has 0 spiro atoms. The number of ether oxygens (including phenoxy) is 3. The van der Waals surface area contributed by atoms with E-state index in [0.29, 0.717) is 34.0 Å². The van der Waals surface area contributed by atoms with Crippen molar-refractivity contribution in [3.8, 4) is 22.9 Å². The van der Waals surface area contributed by atoms with Gasteiger partial charge in [-0.2, -0.15) is 0 Å². The lowest BCUT2D eigenvalue weighted by atomic mass is 10.1. The maximum atomic E-state index is 14.0. The number of benzene rings is 4. The lowest BCUT2D eigenvalue weighted by molar-refractivity contribution is 0.348. The summed E-state index contributed by atoms with van der Waals surface area (Å²) in [7, 11) is 4.77. The fraction of sp³-hybridized carbons (Fsp3) is 0.161. The number of rotatable bonds is 6. The number of hydrogen-bond donors (Lipinski definition) is 0. The predicted molar refractivity (Wildman–Crippen MR) is 149 cm³/mol. The van der Waals surface area contributed by atoms with Crippen molar-refractivity contribution in [3.63, 3.8) is 0 Å². The molecule has 186 valence electrons. The molecule has 0 atom stereocenters. The zero-order valence-electron chi connectivity index (χ0n) is 21.5. The average Bonchev–Trinajstić information content (AvgIpc) is 2.89. The third-order valence-electron chi connectivity index (χ3n) is 6.37. The summed E-state index contributed by atoms with van der Waals surface area (Å²) in [6.45, 7) is 4.04. The molecule has 0 N–H and O–H groups in total. The van der Waals surface area contributed by atoms with E-state index in [2.05, 4.69) is 6.07 Å².